The van der Waals surface area contributed by atoms with Crippen molar-refractivity contribution in [3.8, 4) is 0 Å². The van der Waals surface area contributed by atoms with E-state index < -0.39 is 0 Å². The van der Waals surface area contributed by atoms with E-state index in [2.05, 4.69) is 24.2 Å². The molecule has 1 atom stereocenters. The number of ether oxygens (including phenoxy) is 1. The molecule has 1 fully saturated rings. The molecule has 0 amide bonds. The summed E-state index contributed by atoms with van der Waals surface area (Å²) in [5, 5.41) is 3.15. The molecular weight excluding hydrogens is 214 g/mol. The lowest BCUT2D eigenvalue weighted by Crippen LogP contribution is -2.38. The van der Waals surface area contributed by atoms with Gasteiger partial charge in [0.2, 0.25) is 0 Å². The molecule has 1 rings (SSSR count). The lowest BCUT2D eigenvalue weighted by Gasteiger charge is -2.12. The molecule has 0 spiro atoms. The molecule has 4 heteroatoms. The van der Waals surface area contributed by atoms with E-state index in [1.54, 1.807) is 0 Å². The molecule has 3 N–H and O–H groups in total. The van der Waals surface area contributed by atoms with Crippen molar-refractivity contribution in [2.45, 2.75) is 64.5 Å². The van der Waals surface area contributed by atoms with Crippen LogP contribution in [-0.2, 0) is 4.74 Å². The van der Waals surface area contributed by atoms with E-state index in [9.17, 15) is 0 Å². The van der Waals surface area contributed by atoms with Crippen molar-refractivity contribution in [1.82, 2.24) is 5.32 Å². The first-order valence-corrected chi connectivity index (χ1v) is 6.90. The van der Waals surface area contributed by atoms with Gasteiger partial charge in [0.25, 0.3) is 0 Å². The lowest BCUT2D eigenvalue weighted by atomic mass is 10.3. The van der Waals surface area contributed by atoms with Gasteiger partial charge in [-0.05, 0) is 32.6 Å². The van der Waals surface area contributed by atoms with Crippen molar-refractivity contribution in [3.63, 3.8) is 0 Å². The van der Waals surface area contributed by atoms with Crippen molar-refractivity contribution in [2.75, 3.05) is 13.2 Å². The molecule has 0 saturated heterocycles. The maximum absolute atomic E-state index is 5.76. The minimum Gasteiger partial charge on any atom is -0.378 e. The van der Waals surface area contributed by atoms with Crippen molar-refractivity contribution in [3.05, 3.63) is 0 Å². The number of aliphatic imine (C=N–C) groups is 1. The van der Waals surface area contributed by atoms with Gasteiger partial charge in [0, 0.05) is 19.2 Å². The first-order valence-electron chi connectivity index (χ1n) is 6.90. The van der Waals surface area contributed by atoms with Gasteiger partial charge in [-0.2, -0.15) is 0 Å². The first-order chi connectivity index (χ1) is 8.22. The van der Waals surface area contributed by atoms with Gasteiger partial charge >= 0.3 is 0 Å². The molecule has 17 heavy (non-hydrogen) atoms. The fourth-order valence-electron chi connectivity index (χ4n) is 1.97. The minimum absolute atomic E-state index is 0.397. The van der Waals surface area contributed by atoms with Crippen LogP contribution in [0.25, 0.3) is 0 Å². The summed E-state index contributed by atoms with van der Waals surface area (Å²) in [6.45, 7) is 5.79. The van der Waals surface area contributed by atoms with Gasteiger partial charge in [-0.3, -0.25) is 4.99 Å². The Morgan fingerprint density at radius 2 is 2.18 bits per heavy atom. The third kappa shape index (κ3) is 6.51. The van der Waals surface area contributed by atoms with Crippen molar-refractivity contribution in [1.29, 1.82) is 0 Å². The molecule has 1 unspecified atom stereocenters. The number of hydrogen-bond acceptors (Lipinski definition) is 2. The Balaban J connectivity index is 1.99. The number of hydrogen-bond donors (Lipinski definition) is 2. The summed E-state index contributed by atoms with van der Waals surface area (Å²) in [5.74, 6) is 0.556. The van der Waals surface area contributed by atoms with Crippen LogP contribution in [-0.4, -0.2) is 31.3 Å². The van der Waals surface area contributed by atoms with Crippen LogP contribution in [0.1, 0.15) is 52.4 Å². The maximum Gasteiger partial charge on any atom is 0.188 e. The first kappa shape index (κ1) is 14.3. The highest BCUT2D eigenvalue weighted by Gasteiger charge is 2.14. The smallest absolute Gasteiger partial charge is 0.188 e. The quantitative estimate of drug-likeness (QED) is 0.407. The van der Waals surface area contributed by atoms with E-state index in [1.807, 2.05) is 0 Å². The number of guanidine groups is 1. The average Bonchev–Trinajstić information content (AvgIpc) is 2.81. The minimum atomic E-state index is 0.397. The van der Waals surface area contributed by atoms with E-state index in [1.165, 1.54) is 25.7 Å². The molecule has 0 heterocycles. The summed E-state index contributed by atoms with van der Waals surface area (Å²) in [4.78, 5) is 4.28. The molecule has 0 aromatic carbocycles. The number of nitrogens with zero attached hydrogens (tertiary/aromatic N) is 1. The zero-order valence-electron chi connectivity index (χ0n) is 11.2. The predicted molar refractivity (Wildman–Crippen MR) is 72.2 cm³/mol. The Morgan fingerprint density at radius 1 is 1.47 bits per heavy atom. The SMILES string of the molecule is CCC(C)NC(N)=NCCCOC1CCCC1. The van der Waals surface area contributed by atoms with Gasteiger partial charge in [0.15, 0.2) is 5.96 Å². The fraction of sp³-hybridized carbons (Fsp3) is 0.923. The third-order valence-corrected chi connectivity index (χ3v) is 3.25. The van der Waals surface area contributed by atoms with Gasteiger partial charge in [-0.1, -0.05) is 19.8 Å². The molecular formula is C13H27N3O. The number of nitrogens with one attached hydrogen (secondary N) is 1. The van der Waals surface area contributed by atoms with Crippen molar-refractivity contribution < 1.29 is 4.74 Å². The standard InChI is InChI=1S/C13H27N3O/c1-3-11(2)16-13(14)15-9-6-10-17-12-7-4-5-8-12/h11-12H,3-10H2,1-2H3,(H3,14,15,16). The van der Waals surface area contributed by atoms with Crippen LogP contribution in [0, 0.1) is 0 Å². The average molecular weight is 241 g/mol. The second-order valence-corrected chi connectivity index (χ2v) is 4.85. The molecule has 1 aliphatic carbocycles. The summed E-state index contributed by atoms with van der Waals surface area (Å²) in [6, 6.07) is 0.397. The van der Waals surface area contributed by atoms with Crippen LogP contribution in [0.15, 0.2) is 4.99 Å². The Kier molecular flexibility index (Phi) is 7.01. The predicted octanol–water partition coefficient (Wildman–Crippen LogP) is 2.04. The van der Waals surface area contributed by atoms with E-state index in [-0.39, 0.29) is 0 Å². The zero-order chi connectivity index (χ0) is 12.5. The summed E-state index contributed by atoms with van der Waals surface area (Å²) >= 11 is 0. The van der Waals surface area contributed by atoms with Gasteiger partial charge in [0.05, 0.1) is 6.10 Å². The zero-order valence-corrected chi connectivity index (χ0v) is 11.2. The van der Waals surface area contributed by atoms with E-state index >= 15 is 0 Å². The Morgan fingerprint density at radius 3 is 2.82 bits per heavy atom. The molecule has 1 saturated carbocycles. The monoisotopic (exact) mass is 241 g/mol. The lowest BCUT2D eigenvalue weighted by molar-refractivity contribution is 0.0579. The molecule has 0 aromatic rings. The Labute approximate surface area is 105 Å². The maximum atomic E-state index is 5.76. The highest BCUT2D eigenvalue weighted by molar-refractivity contribution is 5.78. The van der Waals surface area contributed by atoms with Crippen LogP contribution >= 0.6 is 0 Å². The summed E-state index contributed by atoms with van der Waals surface area (Å²) in [6.07, 6.45) is 7.65. The number of nitrogens with two attached hydrogens (primary N) is 1. The summed E-state index contributed by atoms with van der Waals surface area (Å²) in [5.41, 5.74) is 5.75. The highest BCUT2D eigenvalue weighted by Crippen LogP contribution is 2.20. The third-order valence-electron chi connectivity index (χ3n) is 3.25. The van der Waals surface area contributed by atoms with E-state index in [0.717, 1.165) is 26.0 Å². The normalized spacial score (nSPS) is 19.5. The molecule has 0 aromatic heterocycles. The van der Waals surface area contributed by atoms with Crippen LogP contribution in [0.4, 0.5) is 0 Å². The fourth-order valence-corrected chi connectivity index (χ4v) is 1.97. The Hall–Kier alpha value is -0.770. The van der Waals surface area contributed by atoms with Crippen LogP contribution in [0.3, 0.4) is 0 Å². The molecule has 1 aliphatic rings. The second-order valence-electron chi connectivity index (χ2n) is 4.85. The summed E-state index contributed by atoms with van der Waals surface area (Å²) in [7, 11) is 0. The molecule has 0 radical (unpaired) electrons. The molecule has 0 bridgehead atoms. The molecule has 4 nitrogen and oxygen atoms in total. The van der Waals surface area contributed by atoms with Crippen LogP contribution in [0.2, 0.25) is 0 Å². The van der Waals surface area contributed by atoms with E-state index in [4.69, 9.17) is 10.5 Å². The Bertz CT molecular complexity index is 225. The van der Waals surface area contributed by atoms with Gasteiger partial charge < -0.3 is 15.8 Å². The number of rotatable bonds is 7. The second kappa shape index (κ2) is 8.34. The molecule has 100 valence electrons. The van der Waals surface area contributed by atoms with E-state index in [0.29, 0.717) is 18.1 Å². The molecule has 0 aliphatic heterocycles. The topological polar surface area (TPSA) is 59.6 Å². The van der Waals surface area contributed by atoms with Gasteiger partial charge in [-0.15, -0.1) is 0 Å². The van der Waals surface area contributed by atoms with Gasteiger partial charge in [-0.25, -0.2) is 0 Å². The summed E-state index contributed by atoms with van der Waals surface area (Å²) < 4.78 is 5.76. The highest BCUT2D eigenvalue weighted by atomic mass is 16.5. The van der Waals surface area contributed by atoms with Gasteiger partial charge in [0.1, 0.15) is 0 Å². The van der Waals surface area contributed by atoms with Crippen LogP contribution < -0.4 is 11.1 Å². The van der Waals surface area contributed by atoms with Crippen molar-refractivity contribution in [2.24, 2.45) is 10.7 Å². The van der Waals surface area contributed by atoms with Crippen molar-refractivity contribution >= 4 is 5.96 Å². The largest absolute Gasteiger partial charge is 0.378 e. The van der Waals surface area contributed by atoms with Crippen LogP contribution in [0.5, 0.6) is 0 Å².